The van der Waals surface area contributed by atoms with Gasteiger partial charge in [-0.2, -0.15) is 0 Å². The molecule has 0 unspecified atom stereocenters. The van der Waals surface area contributed by atoms with Gasteiger partial charge in [0.2, 0.25) is 0 Å². The van der Waals surface area contributed by atoms with Crippen LogP contribution in [0.1, 0.15) is 19.7 Å². The van der Waals surface area contributed by atoms with E-state index in [1.165, 1.54) is 12.1 Å². The molecule has 21 heavy (non-hydrogen) atoms. The Kier molecular flexibility index (Phi) is 4.54. The minimum absolute atomic E-state index is 0.0779. The van der Waals surface area contributed by atoms with Crippen LogP contribution in [0.4, 0.5) is 5.69 Å². The summed E-state index contributed by atoms with van der Waals surface area (Å²) in [7, 11) is 0. The topological polar surface area (TPSA) is 99.9 Å². The molecule has 8 heteroatoms. The lowest BCUT2D eigenvalue weighted by Crippen LogP contribution is -2.13. The largest absolute Gasteiger partial charge is 0.324 e. The molecule has 7 nitrogen and oxygen atoms in total. The second-order valence-electron chi connectivity index (χ2n) is 5.10. The molecule has 0 saturated carbocycles. The Hall–Kier alpha value is -1.99. The van der Waals surface area contributed by atoms with Gasteiger partial charge >= 0.3 is 0 Å². The lowest BCUT2D eigenvalue weighted by atomic mass is 10.1. The number of hydrogen-bond donors (Lipinski definition) is 1. The fraction of sp³-hybridized carbons (Fsp3) is 0.385. The van der Waals surface area contributed by atoms with Gasteiger partial charge in [0.1, 0.15) is 5.82 Å². The molecule has 112 valence electrons. The summed E-state index contributed by atoms with van der Waals surface area (Å²) in [5.74, 6) is 1.54. The van der Waals surface area contributed by atoms with E-state index in [1.54, 1.807) is 6.07 Å². The van der Waals surface area contributed by atoms with Gasteiger partial charge in [0.05, 0.1) is 11.5 Å². The van der Waals surface area contributed by atoms with Gasteiger partial charge in [-0.1, -0.05) is 25.4 Å². The number of nitrogens with zero attached hydrogens (tertiary/aromatic N) is 4. The maximum absolute atomic E-state index is 10.9. The minimum atomic E-state index is -0.484. The maximum atomic E-state index is 10.9. The predicted molar refractivity (Wildman–Crippen MR) is 79.9 cm³/mol. The van der Waals surface area contributed by atoms with Gasteiger partial charge in [-0.15, -0.1) is 10.2 Å². The van der Waals surface area contributed by atoms with Crippen molar-refractivity contribution in [3.63, 3.8) is 0 Å². The molecule has 2 aromatic rings. The van der Waals surface area contributed by atoms with Gasteiger partial charge in [-0.25, -0.2) is 0 Å². The van der Waals surface area contributed by atoms with E-state index >= 15 is 0 Å². The molecule has 0 aliphatic carbocycles. The Morgan fingerprint density at radius 3 is 2.67 bits per heavy atom. The van der Waals surface area contributed by atoms with E-state index in [2.05, 4.69) is 24.0 Å². The van der Waals surface area contributed by atoms with E-state index in [-0.39, 0.29) is 17.3 Å². The number of rotatable bonds is 5. The molecule has 0 bridgehead atoms. The minimum Gasteiger partial charge on any atom is -0.324 e. The summed E-state index contributed by atoms with van der Waals surface area (Å²) < 4.78 is 1.88. The number of aromatic nitrogens is 3. The summed E-state index contributed by atoms with van der Waals surface area (Å²) in [6.07, 6.45) is 0. The van der Waals surface area contributed by atoms with Crippen molar-refractivity contribution in [1.29, 1.82) is 0 Å². The second-order valence-corrected chi connectivity index (χ2v) is 5.54. The average molecular weight is 310 g/mol. The van der Waals surface area contributed by atoms with E-state index < -0.39 is 4.92 Å². The second kappa shape index (κ2) is 6.19. The van der Waals surface area contributed by atoms with Crippen LogP contribution in [0.15, 0.2) is 18.2 Å². The molecule has 0 saturated heterocycles. The number of halogens is 1. The van der Waals surface area contributed by atoms with E-state index in [0.717, 1.165) is 0 Å². The summed E-state index contributed by atoms with van der Waals surface area (Å²) in [6, 6.07) is 4.38. The highest BCUT2D eigenvalue weighted by Crippen LogP contribution is 2.28. The van der Waals surface area contributed by atoms with Crippen LogP contribution in [0.5, 0.6) is 0 Å². The maximum Gasteiger partial charge on any atom is 0.271 e. The fourth-order valence-electron chi connectivity index (χ4n) is 2.07. The molecule has 0 aliphatic rings. The third kappa shape index (κ3) is 3.37. The van der Waals surface area contributed by atoms with Gasteiger partial charge in [0.25, 0.3) is 5.69 Å². The first-order valence-electron chi connectivity index (χ1n) is 6.50. The first-order chi connectivity index (χ1) is 9.92. The van der Waals surface area contributed by atoms with Crippen LogP contribution in [0.3, 0.4) is 0 Å². The Balaban J connectivity index is 2.56. The third-order valence-corrected chi connectivity index (χ3v) is 3.13. The summed E-state index contributed by atoms with van der Waals surface area (Å²) >= 11 is 5.96. The van der Waals surface area contributed by atoms with Crippen molar-refractivity contribution in [3.8, 4) is 11.4 Å². The number of non-ortho nitro benzene ring substituents is 1. The molecule has 1 heterocycles. The van der Waals surface area contributed by atoms with Crippen LogP contribution in [-0.2, 0) is 13.1 Å². The molecule has 0 aliphatic heterocycles. The molecule has 0 atom stereocenters. The smallest absolute Gasteiger partial charge is 0.271 e. The Labute approximate surface area is 126 Å². The van der Waals surface area contributed by atoms with Crippen LogP contribution in [0.25, 0.3) is 11.4 Å². The van der Waals surface area contributed by atoms with Gasteiger partial charge in [-0.05, 0) is 12.0 Å². The predicted octanol–water partition coefficient (Wildman–Crippen LogP) is 2.62. The summed E-state index contributed by atoms with van der Waals surface area (Å²) in [6.45, 7) is 5.05. The summed E-state index contributed by atoms with van der Waals surface area (Å²) in [5.41, 5.74) is 6.15. The average Bonchev–Trinajstić information content (AvgIpc) is 2.80. The normalized spacial score (nSPS) is 11.1. The monoisotopic (exact) mass is 309 g/mol. The Morgan fingerprint density at radius 1 is 1.38 bits per heavy atom. The van der Waals surface area contributed by atoms with Crippen molar-refractivity contribution < 1.29 is 4.92 Å². The number of nitrogens with two attached hydrogens (primary N) is 1. The third-order valence-electron chi connectivity index (χ3n) is 2.91. The van der Waals surface area contributed by atoms with Crippen LogP contribution in [0, 0.1) is 16.0 Å². The quantitative estimate of drug-likeness (QED) is 0.676. The van der Waals surface area contributed by atoms with Crippen molar-refractivity contribution in [3.05, 3.63) is 39.2 Å². The zero-order valence-electron chi connectivity index (χ0n) is 11.8. The van der Waals surface area contributed by atoms with E-state index in [0.29, 0.717) is 29.7 Å². The van der Waals surface area contributed by atoms with Crippen molar-refractivity contribution in [2.75, 3.05) is 0 Å². The molecule has 0 spiro atoms. The van der Waals surface area contributed by atoms with Gasteiger partial charge in [-0.3, -0.25) is 10.1 Å². The highest BCUT2D eigenvalue weighted by molar-refractivity contribution is 6.31. The number of nitro groups is 1. The molecule has 1 aromatic carbocycles. The van der Waals surface area contributed by atoms with Gasteiger partial charge in [0.15, 0.2) is 5.82 Å². The molecule has 0 amide bonds. The Bertz CT molecular complexity index is 669. The lowest BCUT2D eigenvalue weighted by molar-refractivity contribution is -0.384. The zero-order valence-corrected chi connectivity index (χ0v) is 12.5. The lowest BCUT2D eigenvalue weighted by Gasteiger charge is -2.12. The van der Waals surface area contributed by atoms with Crippen molar-refractivity contribution >= 4 is 17.3 Å². The van der Waals surface area contributed by atoms with Crippen molar-refractivity contribution in [1.82, 2.24) is 14.8 Å². The van der Waals surface area contributed by atoms with Gasteiger partial charge < -0.3 is 10.3 Å². The molecular formula is C13H16ClN5O2. The SMILES string of the molecule is CC(C)Cn1c(CN)nnc1-c1cc(Cl)cc([N+](=O)[O-])c1. The number of benzene rings is 1. The van der Waals surface area contributed by atoms with E-state index in [1.807, 2.05) is 4.57 Å². The summed E-state index contributed by atoms with van der Waals surface area (Å²) in [4.78, 5) is 10.5. The highest BCUT2D eigenvalue weighted by atomic mass is 35.5. The highest BCUT2D eigenvalue weighted by Gasteiger charge is 2.17. The zero-order chi connectivity index (χ0) is 15.6. The van der Waals surface area contributed by atoms with Crippen LogP contribution in [-0.4, -0.2) is 19.7 Å². The molecule has 0 radical (unpaired) electrons. The number of hydrogen-bond acceptors (Lipinski definition) is 5. The first-order valence-corrected chi connectivity index (χ1v) is 6.87. The van der Waals surface area contributed by atoms with E-state index in [4.69, 9.17) is 17.3 Å². The molecule has 2 N–H and O–H groups in total. The molecular weight excluding hydrogens is 294 g/mol. The van der Waals surface area contributed by atoms with E-state index in [9.17, 15) is 10.1 Å². The fourth-order valence-corrected chi connectivity index (χ4v) is 2.29. The van der Waals surface area contributed by atoms with Crippen LogP contribution >= 0.6 is 11.6 Å². The number of nitro benzene ring substituents is 1. The summed E-state index contributed by atoms with van der Waals surface area (Å²) in [5, 5.41) is 19.4. The molecule has 1 aromatic heterocycles. The van der Waals surface area contributed by atoms with Gasteiger partial charge in [0, 0.05) is 29.3 Å². The van der Waals surface area contributed by atoms with Crippen LogP contribution in [0.2, 0.25) is 5.02 Å². The molecule has 2 rings (SSSR count). The first kappa shape index (κ1) is 15.4. The Morgan fingerprint density at radius 2 is 2.10 bits per heavy atom. The van der Waals surface area contributed by atoms with Crippen molar-refractivity contribution in [2.24, 2.45) is 11.7 Å². The van der Waals surface area contributed by atoms with Crippen LogP contribution < -0.4 is 5.73 Å². The standard InChI is InChI=1S/C13H16ClN5O2/c1-8(2)7-18-12(6-15)16-17-13(18)9-3-10(14)5-11(4-9)19(20)21/h3-5,8H,6-7,15H2,1-2H3. The molecule has 0 fully saturated rings. The van der Waals surface area contributed by atoms with Crippen molar-refractivity contribution in [2.45, 2.75) is 26.9 Å².